The summed E-state index contributed by atoms with van der Waals surface area (Å²) < 4.78 is 38.3. The molecule has 0 spiro atoms. The molecule has 4 nitrogen and oxygen atoms in total. The molecule has 0 aliphatic heterocycles. The zero-order valence-electron chi connectivity index (χ0n) is 8.48. The molecular weight excluding hydrogens is 251 g/mol. The van der Waals surface area contributed by atoms with Crippen LogP contribution in [0, 0.1) is 5.82 Å². The lowest BCUT2D eigenvalue weighted by Gasteiger charge is -2.13. The first-order valence-electron chi connectivity index (χ1n) is 4.39. The molecule has 16 heavy (non-hydrogen) atoms. The number of rotatable bonds is 4. The average molecular weight is 262 g/mol. The molecular formula is C9H11FN2O2S2. The lowest BCUT2D eigenvalue weighted by atomic mass is 10.3. The smallest absolute Gasteiger partial charge is 0.241 e. The molecule has 0 bridgehead atoms. The second kappa shape index (κ2) is 4.75. The maximum Gasteiger partial charge on any atom is 0.241 e. The van der Waals surface area contributed by atoms with E-state index in [4.69, 9.17) is 5.73 Å². The van der Waals surface area contributed by atoms with Crippen LogP contribution in [0.25, 0.3) is 0 Å². The maximum atomic E-state index is 12.8. The molecule has 0 saturated heterocycles. The van der Waals surface area contributed by atoms with Gasteiger partial charge in [0.15, 0.2) is 0 Å². The largest absolute Gasteiger partial charge is 0.392 e. The number of sulfonamides is 1. The topological polar surface area (TPSA) is 72.2 Å². The van der Waals surface area contributed by atoms with Crippen LogP contribution in [-0.4, -0.2) is 18.7 Å². The molecule has 0 fully saturated rings. The summed E-state index contributed by atoms with van der Waals surface area (Å²) in [5.41, 5.74) is 5.39. The first kappa shape index (κ1) is 12.9. The number of hydrogen-bond acceptors (Lipinski definition) is 3. The molecule has 1 unspecified atom stereocenters. The van der Waals surface area contributed by atoms with Crippen molar-refractivity contribution in [3.8, 4) is 0 Å². The number of thiocarbonyl (C=S) groups is 1. The molecule has 1 atom stereocenters. The summed E-state index contributed by atoms with van der Waals surface area (Å²) in [7, 11) is -3.71. The Hall–Kier alpha value is -1.21. The Morgan fingerprint density at radius 3 is 2.69 bits per heavy atom. The van der Waals surface area contributed by atoms with Crippen molar-refractivity contribution in [2.24, 2.45) is 5.73 Å². The van der Waals surface area contributed by atoms with Gasteiger partial charge in [0.1, 0.15) is 11.1 Å². The van der Waals surface area contributed by atoms with E-state index in [2.05, 4.69) is 16.9 Å². The molecule has 1 rings (SSSR count). The van der Waals surface area contributed by atoms with Crippen LogP contribution in [-0.2, 0) is 10.0 Å². The molecule has 0 amide bonds. The number of anilines is 1. The van der Waals surface area contributed by atoms with Gasteiger partial charge >= 0.3 is 0 Å². The maximum absolute atomic E-state index is 12.8. The molecule has 0 aromatic heterocycles. The fraction of sp³-hybridized carbons (Fsp3) is 0.222. The summed E-state index contributed by atoms with van der Waals surface area (Å²) >= 11 is 4.59. The van der Waals surface area contributed by atoms with E-state index in [1.807, 2.05) is 0 Å². The number of hydrogen-bond donors (Lipinski definition) is 2. The molecule has 7 heteroatoms. The van der Waals surface area contributed by atoms with Crippen LogP contribution in [0.5, 0.6) is 0 Å². The van der Waals surface area contributed by atoms with Gasteiger partial charge in [-0.05, 0) is 25.1 Å². The van der Waals surface area contributed by atoms with E-state index < -0.39 is 21.1 Å². The van der Waals surface area contributed by atoms with Crippen molar-refractivity contribution in [1.29, 1.82) is 0 Å². The van der Waals surface area contributed by atoms with Gasteiger partial charge in [-0.2, -0.15) is 0 Å². The third-order valence-electron chi connectivity index (χ3n) is 1.95. The highest BCUT2D eigenvalue weighted by Crippen LogP contribution is 2.13. The van der Waals surface area contributed by atoms with Gasteiger partial charge in [-0.1, -0.05) is 18.3 Å². The van der Waals surface area contributed by atoms with Crippen molar-refractivity contribution >= 4 is 32.9 Å². The molecule has 0 aliphatic carbocycles. The zero-order chi connectivity index (χ0) is 12.3. The van der Waals surface area contributed by atoms with Crippen LogP contribution < -0.4 is 10.5 Å². The van der Waals surface area contributed by atoms with E-state index >= 15 is 0 Å². The summed E-state index contributed by atoms with van der Waals surface area (Å²) in [4.78, 5) is -0.135. The SMILES string of the molecule is CC(C(N)=S)S(=O)(=O)Nc1cccc(F)c1. The highest BCUT2D eigenvalue weighted by molar-refractivity contribution is 7.95. The first-order valence-corrected chi connectivity index (χ1v) is 6.35. The standard InChI is InChI=1S/C9H11FN2O2S2/c1-6(9(11)15)16(13,14)12-8-4-2-3-7(10)5-8/h2-6,12H,1H3,(H2,11,15). The molecule has 1 aromatic carbocycles. The highest BCUT2D eigenvalue weighted by Gasteiger charge is 2.23. The highest BCUT2D eigenvalue weighted by atomic mass is 32.2. The summed E-state index contributed by atoms with van der Waals surface area (Å²) in [5, 5.41) is -1.01. The van der Waals surface area contributed by atoms with Gasteiger partial charge < -0.3 is 5.73 Å². The Labute approximate surface area is 98.7 Å². The predicted molar refractivity (Wildman–Crippen MR) is 65.2 cm³/mol. The van der Waals surface area contributed by atoms with Crippen LogP contribution >= 0.6 is 12.2 Å². The van der Waals surface area contributed by atoms with Gasteiger partial charge in [-0.3, -0.25) is 4.72 Å². The minimum atomic E-state index is -3.71. The quantitative estimate of drug-likeness (QED) is 0.801. The van der Waals surface area contributed by atoms with Gasteiger partial charge in [0, 0.05) is 0 Å². The number of nitrogens with one attached hydrogen (secondary N) is 1. The number of halogens is 1. The van der Waals surface area contributed by atoms with Crippen LogP contribution in [0.15, 0.2) is 24.3 Å². The van der Waals surface area contributed by atoms with E-state index in [-0.39, 0.29) is 10.7 Å². The van der Waals surface area contributed by atoms with Crippen molar-refractivity contribution in [3.63, 3.8) is 0 Å². The molecule has 0 saturated carbocycles. The van der Waals surface area contributed by atoms with Crippen molar-refractivity contribution < 1.29 is 12.8 Å². The normalized spacial score (nSPS) is 13.1. The summed E-state index contributed by atoms with van der Waals surface area (Å²) in [6.07, 6.45) is 0. The van der Waals surface area contributed by atoms with Crippen molar-refractivity contribution in [2.45, 2.75) is 12.2 Å². The van der Waals surface area contributed by atoms with Crippen molar-refractivity contribution in [2.75, 3.05) is 4.72 Å². The second-order valence-electron chi connectivity index (χ2n) is 3.20. The lowest BCUT2D eigenvalue weighted by Crippen LogP contribution is -2.35. The van der Waals surface area contributed by atoms with Crippen LogP contribution in [0.3, 0.4) is 0 Å². The van der Waals surface area contributed by atoms with E-state index in [0.717, 1.165) is 6.07 Å². The third kappa shape index (κ3) is 3.14. The van der Waals surface area contributed by atoms with Gasteiger partial charge in [0.2, 0.25) is 10.0 Å². The van der Waals surface area contributed by atoms with E-state index in [9.17, 15) is 12.8 Å². The second-order valence-corrected chi connectivity index (χ2v) is 5.67. The Morgan fingerprint density at radius 2 is 2.19 bits per heavy atom. The third-order valence-corrected chi connectivity index (χ3v) is 4.16. The summed E-state index contributed by atoms with van der Waals surface area (Å²) in [6, 6.07) is 5.13. The number of benzene rings is 1. The Kier molecular flexibility index (Phi) is 3.82. The minimum absolute atomic E-state index is 0.135. The molecule has 0 radical (unpaired) electrons. The van der Waals surface area contributed by atoms with E-state index in [0.29, 0.717) is 0 Å². The molecule has 0 heterocycles. The van der Waals surface area contributed by atoms with Gasteiger partial charge in [0.05, 0.1) is 10.7 Å². The molecule has 1 aromatic rings. The zero-order valence-corrected chi connectivity index (χ0v) is 10.1. The monoisotopic (exact) mass is 262 g/mol. The Balaban J connectivity index is 2.93. The van der Waals surface area contributed by atoms with Crippen LogP contribution in [0.1, 0.15) is 6.92 Å². The van der Waals surface area contributed by atoms with Crippen molar-refractivity contribution in [1.82, 2.24) is 0 Å². The molecule has 3 N–H and O–H groups in total. The predicted octanol–water partition coefficient (Wildman–Crippen LogP) is 1.24. The Bertz CT molecular complexity index is 502. The Morgan fingerprint density at radius 1 is 1.56 bits per heavy atom. The minimum Gasteiger partial charge on any atom is -0.392 e. The first-order chi connectivity index (χ1) is 7.33. The fourth-order valence-corrected chi connectivity index (χ4v) is 2.28. The molecule has 88 valence electrons. The molecule has 0 aliphatic rings. The van der Waals surface area contributed by atoms with E-state index in [1.54, 1.807) is 0 Å². The lowest BCUT2D eigenvalue weighted by molar-refractivity contribution is 0.598. The average Bonchev–Trinajstić information content (AvgIpc) is 2.15. The van der Waals surface area contributed by atoms with Gasteiger partial charge in [-0.25, -0.2) is 12.8 Å². The van der Waals surface area contributed by atoms with Gasteiger partial charge in [-0.15, -0.1) is 0 Å². The van der Waals surface area contributed by atoms with Crippen LogP contribution in [0.2, 0.25) is 0 Å². The number of nitrogens with two attached hydrogens (primary N) is 1. The van der Waals surface area contributed by atoms with E-state index in [1.165, 1.54) is 25.1 Å². The van der Waals surface area contributed by atoms with Gasteiger partial charge in [0.25, 0.3) is 0 Å². The summed E-state index contributed by atoms with van der Waals surface area (Å²) in [6.45, 7) is 1.37. The van der Waals surface area contributed by atoms with Crippen LogP contribution in [0.4, 0.5) is 10.1 Å². The fourth-order valence-electron chi connectivity index (χ4n) is 0.958. The van der Waals surface area contributed by atoms with Crippen molar-refractivity contribution in [3.05, 3.63) is 30.1 Å². The summed E-state index contributed by atoms with van der Waals surface area (Å²) in [5.74, 6) is -0.525.